The number of hydrogen-bond donors (Lipinski definition) is 1. The third-order valence-electron chi connectivity index (χ3n) is 7.72. The van der Waals surface area contributed by atoms with Gasteiger partial charge in [0.05, 0.1) is 11.7 Å². The van der Waals surface area contributed by atoms with Crippen LogP contribution in [0.5, 0.6) is 0 Å². The number of hydrogen-bond acceptors (Lipinski definition) is 5. The fourth-order valence-electron chi connectivity index (χ4n) is 5.40. The van der Waals surface area contributed by atoms with Crippen molar-refractivity contribution in [1.82, 2.24) is 20.1 Å². The van der Waals surface area contributed by atoms with E-state index < -0.39 is 6.04 Å². The SMILES string of the molecule is COCC[C@H](c1nccc(C)c1F)N1C[C@@H](C)N(C(=O)C(C)C)[C@@H](C(=O)NCc2ccc(C3CC3)cc2)C1. The lowest BCUT2D eigenvalue weighted by Crippen LogP contribution is -2.65. The normalized spacial score (nSPS) is 21.0. The second-order valence-corrected chi connectivity index (χ2v) is 11.1. The van der Waals surface area contributed by atoms with Gasteiger partial charge < -0.3 is 15.0 Å². The number of halogens is 1. The topological polar surface area (TPSA) is 74.8 Å². The number of aryl methyl sites for hydroxylation is 1. The molecule has 2 fully saturated rings. The van der Waals surface area contributed by atoms with Crippen LogP contribution in [-0.4, -0.2) is 65.5 Å². The van der Waals surface area contributed by atoms with E-state index in [2.05, 4.69) is 39.5 Å². The minimum atomic E-state index is -0.697. The number of carbonyl (C=O) groups is 2. The van der Waals surface area contributed by atoms with Gasteiger partial charge in [0.2, 0.25) is 11.8 Å². The summed E-state index contributed by atoms with van der Waals surface area (Å²) in [5, 5.41) is 3.07. The van der Waals surface area contributed by atoms with Crippen molar-refractivity contribution < 1.29 is 18.7 Å². The van der Waals surface area contributed by atoms with E-state index in [-0.39, 0.29) is 35.6 Å². The molecule has 1 N–H and O–H groups in total. The Morgan fingerprint density at radius 3 is 2.50 bits per heavy atom. The molecule has 1 saturated carbocycles. The van der Waals surface area contributed by atoms with Gasteiger partial charge in [0.1, 0.15) is 11.9 Å². The maximum atomic E-state index is 15.2. The van der Waals surface area contributed by atoms with Crippen molar-refractivity contribution in [1.29, 1.82) is 0 Å². The van der Waals surface area contributed by atoms with Crippen molar-refractivity contribution in [3.05, 3.63) is 64.7 Å². The van der Waals surface area contributed by atoms with Crippen molar-refractivity contribution in [3.63, 3.8) is 0 Å². The third-order valence-corrected chi connectivity index (χ3v) is 7.72. The number of nitrogens with zero attached hydrogens (tertiary/aromatic N) is 3. The molecule has 0 radical (unpaired) electrons. The van der Waals surface area contributed by atoms with Crippen LogP contribution in [0.25, 0.3) is 0 Å². The molecule has 0 unspecified atom stereocenters. The van der Waals surface area contributed by atoms with E-state index in [1.165, 1.54) is 18.4 Å². The fourth-order valence-corrected chi connectivity index (χ4v) is 5.40. The van der Waals surface area contributed by atoms with Gasteiger partial charge in [-0.15, -0.1) is 0 Å². The quantitative estimate of drug-likeness (QED) is 0.500. The van der Waals surface area contributed by atoms with Gasteiger partial charge in [0.15, 0.2) is 0 Å². The molecule has 38 heavy (non-hydrogen) atoms. The van der Waals surface area contributed by atoms with Crippen molar-refractivity contribution >= 4 is 11.8 Å². The van der Waals surface area contributed by atoms with Gasteiger partial charge in [-0.1, -0.05) is 38.1 Å². The Hall–Kier alpha value is -2.84. The maximum Gasteiger partial charge on any atom is 0.244 e. The molecule has 206 valence electrons. The summed E-state index contributed by atoms with van der Waals surface area (Å²) in [5.41, 5.74) is 3.26. The van der Waals surface area contributed by atoms with E-state index in [1.54, 1.807) is 31.2 Å². The molecule has 1 aliphatic heterocycles. The van der Waals surface area contributed by atoms with Gasteiger partial charge in [-0.25, -0.2) is 4.39 Å². The molecule has 7 nitrogen and oxygen atoms in total. The van der Waals surface area contributed by atoms with Crippen LogP contribution in [0.15, 0.2) is 36.5 Å². The minimum Gasteiger partial charge on any atom is -0.385 e. The lowest BCUT2D eigenvalue weighted by molar-refractivity contribution is -0.151. The molecule has 2 amide bonds. The average Bonchev–Trinajstić information content (AvgIpc) is 3.75. The minimum absolute atomic E-state index is 0.0561. The van der Waals surface area contributed by atoms with Crippen molar-refractivity contribution in [3.8, 4) is 0 Å². The highest BCUT2D eigenvalue weighted by Gasteiger charge is 2.42. The molecule has 1 saturated heterocycles. The van der Waals surface area contributed by atoms with Crippen LogP contribution < -0.4 is 5.32 Å². The number of nitrogens with one attached hydrogen (secondary N) is 1. The van der Waals surface area contributed by atoms with Crippen LogP contribution in [0, 0.1) is 18.7 Å². The van der Waals surface area contributed by atoms with Gasteiger partial charge in [-0.05, 0) is 61.8 Å². The van der Waals surface area contributed by atoms with Crippen molar-refractivity contribution in [2.45, 2.75) is 77.5 Å². The van der Waals surface area contributed by atoms with Crippen LogP contribution >= 0.6 is 0 Å². The van der Waals surface area contributed by atoms with Gasteiger partial charge in [0.25, 0.3) is 0 Å². The molecule has 1 aromatic carbocycles. The Morgan fingerprint density at radius 2 is 1.87 bits per heavy atom. The van der Waals surface area contributed by atoms with Crippen LogP contribution in [0.4, 0.5) is 4.39 Å². The Kier molecular flexibility index (Phi) is 9.15. The van der Waals surface area contributed by atoms with Crippen LogP contribution in [0.1, 0.15) is 74.4 Å². The Bertz CT molecular complexity index is 1120. The van der Waals surface area contributed by atoms with E-state index in [1.807, 2.05) is 20.8 Å². The van der Waals surface area contributed by atoms with E-state index in [4.69, 9.17) is 4.74 Å². The van der Waals surface area contributed by atoms with Crippen LogP contribution in [-0.2, 0) is 20.9 Å². The highest BCUT2D eigenvalue weighted by atomic mass is 19.1. The van der Waals surface area contributed by atoms with Gasteiger partial charge in [-0.3, -0.25) is 19.5 Å². The van der Waals surface area contributed by atoms with Crippen LogP contribution in [0.2, 0.25) is 0 Å². The molecular formula is C30H41FN4O3. The van der Waals surface area contributed by atoms with Gasteiger partial charge >= 0.3 is 0 Å². The molecule has 0 spiro atoms. The molecule has 2 aromatic rings. The largest absolute Gasteiger partial charge is 0.385 e. The second kappa shape index (κ2) is 12.3. The first kappa shape index (κ1) is 28.2. The number of piperazine rings is 1. The summed E-state index contributed by atoms with van der Waals surface area (Å²) in [5.74, 6) is -0.154. The zero-order valence-electron chi connectivity index (χ0n) is 23.2. The predicted molar refractivity (Wildman–Crippen MR) is 145 cm³/mol. The summed E-state index contributed by atoms with van der Waals surface area (Å²) in [6.45, 7) is 9.00. The summed E-state index contributed by atoms with van der Waals surface area (Å²) in [6, 6.07) is 8.76. The molecular weight excluding hydrogens is 483 g/mol. The number of ether oxygens (including phenoxy) is 1. The number of aromatic nitrogens is 1. The molecule has 4 rings (SSSR count). The Labute approximate surface area is 225 Å². The summed E-state index contributed by atoms with van der Waals surface area (Å²) in [7, 11) is 1.62. The zero-order valence-corrected chi connectivity index (χ0v) is 23.2. The number of carbonyl (C=O) groups excluding carboxylic acids is 2. The summed E-state index contributed by atoms with van der Waals surface area (Å²) in [6.07, 6.45) is 4.64. The highest BCUT2D eigenvalue weighted by molar-refractivity contribution is 5.89. The van der Waals surface area contributed by atoms with Crippen molar-refractivity contribution in [2.24, 2.45) is 5.92 Å². The van der Waals surface area contributed by atoms with Crippen LogP contribution in [0.3, 0.4) is 0 Å². The van der Waals surface area contributed by atoms with Crippen molar-refractivity contribution in [2.75, 3.05) is 26.8 Å². The number of methoxy groups -OCH3 is 1. The number of benzene rings is 1. The second-order valence-electron chi connectivity index (χ2n) is 11.1. The van der Waals surface area contributed by atoms with E-state index in [0.29, 0.717) is 49.8 Å². The molecule has 1 aromatic heterocycles. The highest BCUT2D eigenvalue weighted by Crippen LogP contribution is 2.40. The van der Waals surface area contributed by atoms with E-state index in [9.17, 15) is 9.59 Å². The molecule has 2 aliphatic rings. The predicted octanol–water partition coefficient (Wildman–Crippen LogP) is 4.36. The number of rotatable bonds is 10. The first-order valence-corrected chi connectivity index (χ1v) is 13.7. The fraction of sp³-hybridized carbons (Fsp3) is 0.567. The molecule has 8 heteroatoms. The first-order valence-electron chi connectivity index (χ1n) is 13.7. The smallest absolute Gasteiger partial charge is 0.244 e. The van der Waals surface area contributed by atoms with E-state index in [0.717, 1.165) is 5.56 Å². The number of amides is 2. The monoisotopic (exact) mass is 524 g/mol. The zero-order chi connectivity index (χ0) is 27.4. The summed E-state index contributed by atoms with van der Waals surface area (Å²) in [4.78, 5) is 35.1. The molecule has 0 bridgehead atoms. The Morgan fingerprint density at radius 1 is 1.16 bits per heavy atom. The number of pyridine rings is 1. The van der Waals surface area contributed by atoms with Gasteiger partial charge in [-0.2, -0.15) is 0 Å². The molecule has 3 atom stereocenters. The molecule has 2 heterocycles. The Balaban J connectivity index is 1.56. The maximum absolute atomic E-state index is 15.2. The summed E-state index contributed by atoms with van der Waals surface area (Å²) < 4.78 is 20.6. The third kappa shape index (κ3) is 6.41. The lowest BCUT2D eigenvalue weighted by atomic mass is 9.97. The van der Waals surface area contributed by atoms with Gasteiger partial charge in [0, 0.05) is 51.5 Å². The lowest BCUT2D eigenvalue weighted by Gasteiger charge is -2.47. The average molecular weight is 525 g/mol. The molecule has 1 aliphatic carbocycles. The summed E-state index contributed by atoms with van der Waals surface area (Å²) >= 11 is 0. The first-order chi connectivity index (χ1) is 18.2. The standard InChI is InChI=1S/C30H41FN4O3/c1-19(2)30(37)35-21(4)17-34(25(13-15-38-5)28-27(31)20(3)12-14-32-28)18-26(35)29(36)33-16-22-6-8-23(9-7-22)24-10-11-24/h6-9,12,14,19,21,24-26H,10-11,13,15-18H2,1-5H3,(H,33,36)/t21-,25-,26-/m1/s1. The van der Waals surface area contributed by atoms with E-state index >= 15 is 4.39 Å².